The Hall–Kier alpha value is -1.54. The van der Waals surface area contributed by atoms with E-state index in [4.69, 9.17) is 10.4 Å². The maximum atomic E-state index is 10.5. The Balaban J connectivity index is 3.39. The van der Waals surface area contributed by atoms with Gasteiger partial charge in [0, 0.05) is 4.47 Å². The first-order valence-electron chi connectivity index (χ1n) is 3.22. The highest BCUT2D eigenvalue weighted by molar-refractivity contribution is 9.10. The summed E-state index contributed by atoms with van der Waals surface area (Å²) in [4.78, 5) is 10.5. The van der Waals surface area contributed by atoms with E-state index in [1.807, 2.05) is 0 Å². The molecule has 1 aromatic carbocycles. The number of benzene rings is 1. The molecular formula is C8H4BrNO3. The summed E-state index contributed by atoms with van der Waals surface area (Å²) in [6.45, 7) is 0. The lowest BCUT2D eigenvalue weighted by molar-refractivity contribution is 0.0696. The molecule has 2 N–H and O–H groups in total. The zero-order chi connectivity index (χ0) is 10.0. The van der Waals surface area contributed by atoms with E-state index < -0.39 is 5.97 Å². The molecule has 0 atom stereocenters. The van der Waals surface area contributed by atoms with Gasteiger partial charge in [0.1, 0.15) is 17.4 Å². The molecule has 1 rings (SSSR count). The van der Waals surface area contributed by atoms with Crippen LogP contribution in [-0.4, -0.2) is 16.2 Å². The summed E-state index contributed by atoms with van der Waals surface area (Å²) in [6, 6.07) is 4.04. The molecule has 0 bridgehead atoms. The average Bonchev–Trinajstić information content (AvgIpc) is 2.03. The van der Waals surface area contributed by atoms with Crippen LogP contribution in [0.3, 0.4) is 0 Å². The van der Waals surface area contributed by atoms with Gasteiger partial charge in [0.15, 0.2) is 0 Å². The van der Waals surface area contributed by atoms with Crippen LogP contribution in [0.1, 0.15) is 15.9 Å². The Bertz CT molecular complexity index is 385. The lowest BCUT2D eigenvalue weighted by Crippen LogP contribution is -1.96. The smallest absolute Gasteiger partial charge is 0.335 e. The fourth-order valence-electron chi connectivity index (χ4n) is 0.826. The van der Waals surface area contributed by atoms with Crippen molar-refractivity contribution in [2.75, 3.05) is 0 Å². The number of carboxylic acid groups (broad SMARTS) is 1. The molecule has 13 heavy (non-hydrogen) atoms. The molecule has 66 valence electrons. The molecule has 0 unspecified atom stereocenters. The van der Waals surface area contributed by atoms with Crippen molar-refractivity contribution < 1.29 is 15.0 Å². The third kappa shape index (κ3) is 1.79. The zero-order valence-electron chi connectivity index (χ0n) is 6.28. The molecule has 1 aromatic rings. The summed E-state index contributed by atoms with van der Waals surface area (Å²) >= 11 is 2.98. The normalized spacial score (nSPS) is 9.23. The first kappa shape index (κ1) is 9.55. The highest BCUT2D eigenvalue weighted by Gasteiger charge is 2.11. The summed E-state index contributed by atoms with van der Waals surface area (Å²) in [5.41, 5.74) is -0.0339. The van der Waals surface area contributed by atoms with Gasteiger partial charge >= 0.3 is 5.97 Å². The molecule has 5 heteroatoms. The van der Waals surface area contributed by atoms with E-state index in [0.29, 0.717) is 0 Å². The largest absolute Gasteiger partial charge is 0.506 e. The van der Waals surface area contributed by atoms with Crippen molar-refractivity contribution in [3.05, 3.63) is 27.7 Å². The molecule has 0 spiro atoms. The van der Waals surface area contributed by atoms with E-state index in [9.17, 15) is 9.90 Å². The lowest BCUT2D eigenvalue weighted by Gasteiger charge is -2.00. The van der Waals surface area contributed by atoms with Gasteiger partial charge in [-0.3, -0.25) is 0 Å². The molecule has 0 saturated carbocycles. The Morgan fingerprint density at radius 2 is 2.15 bits per heavy atom. The minimum absolute atomic E-state index is 0.0324. The molecular weight excluding hydrogens is 238 g/mol. The molecule has 0 saturated heterocycles. The monoisotopic (exact) mass is 241 g/mol. The fraction of sp³-hybridized carbons (Fsp3) is 0. The average molecular weight is 242 g/mol. The van der Waals surface area contributed by atoms with Crippen molar-refractivity contribution in [2.45, 2.75) is 0 Å². The van der Waals surface area contributed by atoms with Gasteiger partial charge in [-0.2, -0.15) is 5.26 Å². The number of nitriles is 1. The number of nitrogens with zero attached hydrogens (tertiary/aromatic N) is 1. The van der Waals surface area contributed by atoms with Crippen LogP contribution >= 0.6 is 15.9 Å². The van der Waals surface area contributed by atoms with Crippen LogP contribution in [0.25, 0.3) is 0 Å². The molecule has 0 amide bonds. The minimum Gasteiger partial charge on any atom is -0.506 e. The van der Waals surface area contributed by atoms with Gasteiger partial charge in [-0.05, 0) is 28.1 Å². The summed E-state index contributed by atoms with van der Waals surface area (Å²) < 4.78 is 0.271. The van der Waals surface area contributed by atoms with E-state index in [1.54, 1.807) is 6.07 Å². The Labute approximate surface area is 82.2 Å². The Morgan fingerprint density at radius 3 is 2.54 bits per heavy atom. The van der Waals surface area contributed by atoms with Gasteiger partial charge in [-0.15, -0.1) is 0 Å². The molecule has 0 aliphatic carbocycles. The second-order valence-corrected chi connectivity index (χ2v) is 3.12. The van der Waals surface area contributed by atoms with E-state index in [0.717, 1.165) is 6.07 Å². The predicted molar refractivity (Wildman–Crippen MR) is 47.5 cm³/mol. The van der Waals surface area contributed by atoms with Crippen molar-refractivity contribution in [2.24, 2.45) is 0 Å². The van der Waals surface area contributed by atoms with Gasteiger partial charge < -0.3 is 10.2 Å². The number of phenols is 1. The molecule has 0 aromatic heterocycles. The first-order valence-corrected chi connectivity index (χ1v) is 4.01. The van der Waals surface area contributed by atoms with Crippen LogP contribution in [-0.2, 0) is 0 Å². The van der Waals surface area contributed by atoms with Crippen LogP contribution in [0, 0.1) is 11.3 Å². The number of carbonyl (C=O) groups is 1. The van der Waals surface area contributed by atoms with Crippen molar-refractivity contribution in [1.29, 1.82) is 5.26 Å². The van der Waals surface area contributed by atoms with Gasteiger partial charge in [0.2, 0.25) is 0 Å². The second kappa shape index (κ2) is 3.46. The Kier molecular flexibility index (Phi) is 2.54. The summed E-state index contributed by atoms with van der Waals surface area (Å²) in [5.74, 6) is -1.49. The van der Waals surface area contributed by atoms with Crippen molar-refractivity contribution in [1.82, 2.24) is 0 Å². The van der Waals surface area contributed by atoms with E-state index >= 15 is 0 Å². The number of carboxylic acids is 1. The third-order valence-corrected chi connectivity index (χ3v) is 2.05. The number of rotatable bonds is 1. The van der Waals surface area contributed by atoms with Gasteiger partial charge in [-0.1, -0.05) is 0 Å². The Morgan fingerprint density at radius 1 is 1.54 bits per heavy atom. The predicted octanol–water partition coefficient (Wildman–Crippen LogP) is 1.72. The first-order chi connectivity index (χ1) is 6.06. The summed E-state index contributed by atoms with van der Waals surface area (Å²) in [5, 5.41) is 26.3. The van der Waals surface area contributed by atoms with Gasteiger partial charge in [0.05, 0.1) is 5.56 Å². The van der Waals surface area contributed by atoms with Gasteiger partial charge in [-0.25, -0.2) is 4.79 Å². The molecule has 0 heterocycles. The van der Waals surface area contributed by atoms with E-state index in [-0.39, 0.29) is 21.3 Å². The number of phenolic OH excluding ortho intramolecular Hbond substituents is 1. The van der Waals surface area contributed by atoms with Crippen LogP contribution in [0.2, 0.25) is 0 Å². The van der Waals surface area contributed by atoms with Crippen LogP contribution in [0.4, 0.5) is 0 Å². The van der Waals surface area contributed by atoms with Crippen LogP contribution in [0.15, 0.2) is 16.6 Å². The SMILES string of the molecule is N#Cc1c(O)cc(C(=O)O)cc1Br. The number of hydrogen-bond donors (Lipinski definition) is 2. The molecule has 0 radical (unpaired) electrons. The van der Waals surface area contributed by atoms with Crippen molar-refractivity contribution >= 4 is 21.9 Å². The maximum absolute atomic E-state index is 10.5. The standard InChI is InChI=1S/C8H4BrNO3/c9-6-1-4(8(12)13)2-7(11)5(6)3-10/h1-2,11H,(H,12,13). The van der Waals surface area contributed by atoms with E-state index in [2.05, 4.69) is 15.9 Å². The molecule has 0 aliphatic rings. The summed E-state index contributed by atoms with van der Waals surface area (Å²) in [6.07, 6.45) is 0. The maximum Gasteiger partial charge on any atom is 0.335 e. The number of hydrogen-bond acceptors (Lipinski definition) is 3. The molecule has 0 aliphatic heterocycles. The second-order valence-electron chi connectivity index (χ2n) is 2.27. The summed E-state index contributed by atoms with van der Waals surface area (Å²) in [7, 11) is 0. The minimum atomic E-state index is -1.15. The van der Waals surface area contributed by atoms with Crippen LogP contribution in [0.5, 0.6) is 5.75 Å². The molecule has 4 nitrogen and oxygen atoms in total. The third-order valence-electron chi connectivity index (χ3n) is 1.43. The van der Waals surface area contributed by atoms with Gasteiger partial charge in [0.25, 0.3) is 0 Å². The van der Waals surface area contributed by atoms with Crippen LogP contribution < -0.4 is 0 Å². The number of aromatic carboxylic acids is 1. The zero-order valence-corrected chi connectivity index (χ0v) is 7.87. The topological polar surface area (TPSA) is 81.3 Å². The lowest BCUT2D eigenvalue weighted by atomic mass is 10.1. The number of aromatic hydroxyl groups is 1. The highest BCUT2D eigenvalue weighted by Crippen LogP contribution is 2.26. The van der Waals surface area contributed by atoms with Crippen molar-refractivity contribution in [3.8, 4) is 11.8 Å². The fourth-order valence-corrected chi connectivity index (χ4v) is 1.36. The van der Waals surface area contributed by atoms with E-state index in [1.165, 1.54) is 6.07 Å². The quantitative estimate of drug-likeness (QED) is 0.785. The molecule has 0 fully saturated rings. The highest BCUT2D eigenvalue weighted by atomic mass is 79.9. The number of halogens is 1. The van der Waals surface area contributed by atoms with Crippen molar-refractivity contribution in [3.63, 3.8) is 0 Å².